The number of ether oxygens (including phenoxy) is 2. The van der Waals surface area contributed by atoms with Gasteiger partial charge in [-0.05, 0) is 59.2 Å². The molecule has 1 rings (SSSR count). The largest absolute Gasteiger partial charge is 0.478 e. The van der Waals surface area contributed by atoms with Crippen LogP contribution in [0.15, 0.2) is 18.2 Å². The van der Waals surface area contributed by atoms with Gasteiger partial charge >= 0.3 is 18.0 Å². The Morgan fingerprint density at radius 3 is 2.15 bits per heavy atom. The van der Waals surface area contributed by atoms with E-state index in [2.05, 4.69) is 5.32 Å². The van der Waals surface area contributed by atoms with Crippen molar-refractivity contribution in [3.63, 3.8) is 0 Å². The average molecular weight is 369 g/mol. The van der Waals surface area contributed by atoms with E-state index in [4.69, 9.17) is 14.6 Å². The van der Waals surface area contributed by atoms with Crippen molar-refractivity contribution in [2.75, 3.05) is 0 Å². The summed E-state index contributed by atoms with van der Waals surface area (Å²) < 4.78 is 24.3. The molecule has 7 nitrogen and oxygen atoms in total. The number of rotatable bonds is 5. The van der Waals surface area contributed by atoms with Gasteiger partial charge in [0.15, 0.2) is 0 Å². The van der Waals surface area contributed by atoms with Gasteiger partial charge in [0.05, 0.1) is 5.56 Å². The molecule has 0 aliphatic rings. The molecule has 0 aliphatic carbocycles. The van der Waals surface area contributed by atoms with Crippen molar-refractivity contribution >= 4 is 18.0 Å². The smallest absolute Gasteiger partial charge is 0.408 e. The molecule has 0 heterocycles. The predicted molar refractivity (Wildman–Crippen MR) is 91.3 cm³/mol. The van der Waals surface area contributed by atoms with Crippen LogP contribution in [0.3, 0.4) is 0 Å². The molecule has 0 saturated carbocycles. The van der Waals surface area contributed by atoms with E-state index in [9.17, 15) is 18.8 Å². The second-order valence-corrected chi connectivity index (χ2v) is 7.30. The third-order valence-electron chi connectivity index (χ3n) is 3.34. The fraction of sp³-hybridized carbons (Fsp3) is 0.500. The summed E-state index contributed by atoms with van der Waals surface area (Å²) in [6.45, 7) is 9.55. The maximum absolute atomic E-state index is 13.9. The fourth-order valence-electron chi connectivity index (χ4n) is 2.01. The number of nitrogens with one attached hydrogen (secondary N) is 1. The van der Waals surface area contributed by atoms with E-state index in [0.29, 0.717) is 0 Å². The van der Waals surface area contributed by atoms with Crippen LogP contribution < -0.4 is 5.32 Å². The number of amides is 1. The van der Waals surface area contributed by atoms with Crippen molar-refractivity contribution in [2.45, 2.75) is 58.8 Å². The van der Waals surface area contributed by atoms with Crippen LogP contribution in [0.4, 0.5) is 9.18 Å². The van der Waals surface area contributed by atoms with E-state index in [1.165, 1.54) is 26.8 Å². The van der Waals surface area contributed by atoms with Gasteiger partial charge in [0.25, 0.3) is 0 Å². The number of benzene rings is 1. The highest BCUT2D eigenvalue weighted by Crippen LogP contribution is 2.27. The van der Waals surface area contributed by atoms with E-state index >= 15 is 0 Å². The first kappa shape index (κ1) is 21.4. The first-order chi connectivity index (χ1) is 11.7. The van der Waals surface area contributed by atoms with Crippen LogP contribution in [0.1, 0.15) is 57.5 Å². The molecule has 26 heavy (non-hydrogen) atoms. The van der Waals surface area contributed by atoms with Crippen molar-refractivity contribution in [3.05, 3.63) is 35.1 Å². The van der Waals surface area contributed by atoms with Crippen molar-refractivity contribution < 1.29 is 33.4 Å². The van der Waals surface area contributed by atoms with Gasteiger partial charge in [-0.25, -0.2) is 18.8 Å². The third-order valence-corrected chi connectivity index (χ3v) is 3.34. The lowest BCUT2D eigenvalue weighted by atomic mass is 9.96. The standard InChI is InChI=1S/C18H24FNO6/c1-10(20-16(24)26-17(2,3)4)15(23)25-18(5,6)11-7-8-12(14(21)22)13(19)9-11/h7-10H,1-6H3,(H,20,24)(H,21,22)/t10-/m1/s1. The van der Waals surface area contributed by atoms with Gasteiger partial charge in [0.1, 0.15) is 23.1 Å². The molecule has 8 heteroatoms. The highest BCUT2D eigenvalue weighted by Gasteiger charge is 2.30. The first-order valence-corrected chi connectivity index (χ1v) is 7.98. The summed E-state index contributed by atoms with van der Waals surface area (Å²) in [5.74, 6) is -3.07. The Morgan fingerprint density at radius 1 is 1.12 bits per heavy atom. The zero-order chi connectivity index (χ0) is 20.3. The summed E-state index contributed by atoms with van der Waals surface area (Å²) in [5.41, 5.74) is -2.15. The Balaban J connectivity index is 2.82. The number of aromatic carboxylic acids is 1. The van der Waals surface area contributed by atoms with Crippen molar-refractivity contribution in [1.29, 1.82) is 0 Å². The molecular formula is C18H24FNO6. The third kappa shape index (κ3) is 6.02. The van der Waals surface area contributed by atoms with Crippen LogP contribution in [-0.4, -0.2) is 34.8 Å². The molecule has 1 atom stereocenters. The van der Waals surface area contributed by atoms with Crippen LogP contribution >= 0.6 is 0 Å². The lowest BCUT2D eigenvalue weighted by molar-refractivity contribution is -0.159. The van der Waals surface area contributed by atoms with Gasteiger partial charge in [-0.3, -0.25) is 0 Å². The molecule has 0 fully saturated rings. The average Bonchev–Trinajstić information content (AvgIpc) is 2.43. The number of carbonyl (C=O) groups excluding carboxylic acids is 2. The van der Waals surface area contributed by atoms with Crippen LogP contribution in [0.2, 0.25) is 0 Å². The van der Waals surface area contributed by atoms with Crippen LogP contribution in [0.25, 0.3) is 0 Å². The molecule has 0 aliphatic heterocycles. The van der Waals surface area contributed by atoms with E-state index in [-0.39, 0.29) is 5.56 Å². The number of hydrogen-bond donors (Lipinski definition) is 2. The van der Waals surface area contributed by atoms with Gasteiger partial charge in [0.2, 0.25) is 0 Å². The lowest BCUT2D eigenvalue weighted by Gasteiger charge is -2.28. The van der Waals surface area contributed by atoms with Gasteiger partial charge in [-0.15, -0.1) is 0 Å². The Kier molecular flexibility index (Phi) is 6.35. The van der Waals surface area contributed by atoms with E-state index in [1.807, 2.05) is 0 Å². The summed E-state index contributed by atoms with van der Waals surface area (Å²) in [4.78, 5) is 34.8. The minimum atomic E-state index is -1.39. The molecule has 0 saturated heterocycles. The van der Waals surface area contributed by atoms with Crippen LogP contribution in [-0.2, 0) is 19.9 Å². The van der Waals surface area contributed by atoms with E-state index < -0.39 is 46.7 Å². The molecule has 0 spiro atoms. The maximum Gasteiger partial charge on any atom is 0.408 e. The number of halogens is 1. The second-order valence-electron chi connectivity index (χ2n) is 7.30. The van der Waals surface area contributed by atoms with Crippen molar-refractivity contribution in [1.82, 2.24) is 5.32 Å². The van der Waals surface area contributed by atoms with E-state index in [1.54, 1.807) is 20.8 Å². The molecular weight excluding hydrogens is 345 g/mol. The number of carboxylic acids is 1. The Morgan fingerprint density at radius 2 is 1.69 bits per heavy atom. The normalized spacial score (nSPS) is 12.9. The van der Waals surface area contributed by atoms with Crippen molar-refractivity contribution in [3.8, 4) is 0 Å². The van der Waals surface area contributed by atoms with Gasteiger partial charge in [0, 0.05) is 0 Å². The highest BCUT2D eigenvalue weighted by atomic mass is 19.1. The minimum absolute atomic E-state index is 0.276. The summed E-state index contributed by atoms with van der Waals surface area (Å²) in [6.07, 6.45) is -0.767. The SMILES string of the molecule is C[C@@H](NC(=O)OC(C)(C)C)C(=O)OC(C)(C)c1ccc(C(=O)O)c(F)c1. The highest BCUT2D eigenvalue weighted by molar-refractivity contribution is 5.88. The molecule has 1 amide bonds. The zero-order valence-corrected chi connectivity index (χ0v) is 15.7. The monoisotopic (exact) mass is 369 g/mol. The topological polar surface area (TPSA) is 102 Å². The molecule has 1 aromatic carbocycles. The van der Waals surface area contributed by atoms with Crippen LogP contribution in [0, 0.1) is 5.82 Å². The number of hydrogen-bond acceptors (Lipinski definition) is 5. The molecule has 1 aromatic rings. The number of carbonyl (C=O) groups is 3. The van der Waals surface area contributed by atoms with Crippen molar-refractivity contribution in [2.24, 2.45) is 0 Å². The molecule has 2 N–H and O–H groups in total. The van der Waals surface area contributed by atoms with Gasteiger partial charge in [-0.1, -0.05) is 6.07 Å². The second kappa shape index (κ2) is 7.72. The maximum atomic E-state index is 13.9. The number of alkyl carbamates (subject to hydrolysis) is 1. The Bertz CT molecular complexity index is 708. The number of esters is 1. The fourth-order valence-corrected chi connectivity index (χ4v) is 2.01. The quantitative estimate of drug-likeness (QED) is 0.773. The summed E-state index contributed by atoms with van der Waals surface area (Å²) in [6, 6.07) is 2.48. The summed E-state index contributed by atoms with van der Waals surface area (Å²) in [5, 5.41) is 11.2. The molecule has 0 unspecified atom stereocenters. The zero-order valence-electron chi connectivity index (χ0n) is 15.7. The minimum Gasteiger partial charge on any atom is -0.478 e. The molecule has 144 valence electrons. The number of carboxylic acid groups (broad SMARTS) is 1. The van der Waals surface area contributed by atoms with E-state index in [0.717, 1.165) is 12.1 Å². The van der Waals surface area contributed by atoms with Gasteiger partial charge < -0.3 is 19.9 Å². The molecule has 0 radical (unpaired) electrons. The predicted octanol–water partition coefficient (Wildman–Crippen LogP) is 3.22. The lowest BCUT2D eigenvalue weighted by Crippen LogP contribution is -2.44. The molecule has 0 aromatic heterocycles. The molecule has 0 bridgehead atoms. The van der Waals surface area contributed by atoms with Gasteiger partial charge in [-0.2, -0.15) is 0 Å². The van der Waals surface area contributed by atoms with Crippen LogP contribution in [0.5, 0.6) is 0 Å². The summed E-state index contributed by atoms with van der Waals surface area (Å²) >= 11 is 0. The first-order valence-electron chi connectivity index (χ1n) is 7.98. The summed E-state index contributed by atoms with van der Waals surface area (Å²) in [7, 11) is 0. The Labute approximate surface area is 151 Å². The Hall–Kier alpha value is -2.64.